The van der Waals surface area contributed by atoms with Crippen LogP contribution >= 0.6 is 11.3 Å². The first-order chi connectivity index (χ1) is 19.1. The fourth-order valence-electron chi connectivity index (χ4n) is 5.00. The number of rotatable bonds is 9. The van der Waals surface area contributed by atoms with E-state index in [-0.39, 0.29) is 18.1 Å². The van der Waals surface area contributed by atoms with Crippen molar-refractivity contribution >= 4 is 39.7 Å². The Morgan fingerprint density at radius 2 is 1.90 bits per heavy atom. The smallest absolute Gasteiger partial charge is 0.340 e. The Morgan fingerprint density at radius 3 is 2.64 bits per heavy atom. The number of carbonyl (C=O) groups is 2. The highest BCUT2D eigenvalue weighted by Crippen LogP contribution is 2.31. The molecule has 5 rings (SSSR count). The number of esters is 1. The molecule has 12 heteroatoms. The van der Waals surface area contributed by atoms with Crippen LogP contribution < -0.4 is 19.9 Å². The summed E-state index contributed by atoms with van der Waals surface area (Å²) in [6.45, 7) is 3.00. The van der Waals surface area contributed by atoms with Gasteiger partial charge in [-0.2, -0.15) is 0 Å². The number of methoxy groups -OCH3 is 2. The second-order valence-corrected chi connectivity index (χ2v) is 10.3. The third kappa shape index (κ3) is 6.28. The van der Waals surface area contributed by atoms with Crippen molar-refractivity contribution in [2.45, 2.75) is 37.8 Å². The fraction of sp³-hybridized carbons (Fsp3) is 0.444. The van der Waals surface area contributed by atoms with Gasteiger partial charge >= 0.3 is 12.0 Å². The lowest BCUT2D eigenvalue weighted by Crippen LogP contribution is -2.38. The maximum Gasteiger partial charge on any atom is 0.340 e. The van der Waals surface area contributed by atoms with Gasteiger partial charge in [-0.3, -0.25) is 4.79 Å². The molecule has 0 unspecified atom stereocenters. The van der Waals surface area contributed by atoms with Crippen LogP contribution in [0.3, 0.4) is 0 Å². The average Bonchev–Trinajstić information content (AvgIpc) is 3.65. The minimum absolute atomic E-state index is 0.0384. The van der Waals surface area contributed by atoms with Gasteiger partial charge in [-0.05, 0) is 37.1 Å². The lowest BCUT2D eigenvalue weighted by molar-refractivity contribution is 0.0602. The first kappa shape index (κ1) is 26.8. The maximum absolute atomic E-state index is 13.1. The molecule has 2 saturated heterocycles. The van der Waals surface area contributed by atoms with E-state index in [1.54, 1.807) is 43.1 Å². The Kier molecular flexibility index (Phi) is 8.52. The van der Waals surface area contributed by atoms with Crippen LogP contribution in [-0.4, -0.2) is 79.4 Å². The molecule has 2 aliphatic heterocycles. The highest BCUT2D eigenvalue weighted by molar-refractivity contribution is 7.14. The van der Waals surface area contributed by atoms with Gasteiger partial charge in [-0.15, -0.1) is 11.3 Å². The number of hydrogen-bond acceptors (Lipinski definition) is 11. The molecule has 2 aliphatic rings. The van der Waals surface area contributed by atoms with Crippen molar-refractivity contribution in [1.29, 1.82) is 0 Å². The minimum Gasteiger partial charge on any atom is -0.465 e. The normalized spacial score (nSPS) is 17.7. The summed E-state index contributed by atoms with van der Waals surface area (Å²) in [7, 11) is 3.02. The SMILES string of the molecule is COC[C@H]1CCCN1c1ccc(NC(=O)c2csc(N3CCC(Oc4ncccn4)CC3)n2)c(C(=O)OC)c1. The molecule has 1 aromatic carbocycles. The number of benzene rings is 1. The van der Waals surface area contributed by atoms with E-state index in [2.05, 4.69) is 30.1 Å². The molecule has 3 aromatic rings. The molecule has 1 atom stereocenters. The molecule has 2 aromatic heterocycles. The van der Waals surface area contributed by atoms with Crippen LogP contribution in [0.5, 0.6) is 6.01 Å². The van der Waals surface area contributed by atoms with Gasteiger partial charge in [0.15, 0.2) is 5.13 Å². The Balaban J connectivity index is 1.23. The largest absolute Gasteiger partial charge is 0.465 e. The lowest BCUT2D eigenvalue weighted by Gasteiger charge is -2.31. The van der Waals surface area contributed by atoms with Gasteiger partial charge in [0.05, 0.1) is 31.0 Å². The van der Waals surface area contributed by atoms with Crippen LogP contribution in [0.1, 0.15) is 46.5 Å². The third-order valence-corrected chi connectivity index (χ3v) is 7.88. The Morgan fingerprint density at radius 1 is 1.10 bits per heavy atom. The van der Waals surface area contributed by atoms with Gasteiger partial charge in [0.2, 0.25) is 0 Å². The summed E-state index contributed by atoms with van der Waals surface area (Å²) in [5.74, 6) is -0.895. The van der Waals surface area contributed by atoms with Gasteiger partial charge in [-0.1, -0.05) is 0 Å². The zero-order valence-corrected chi connectivity index (χ0v) is 22.9. The molecule has 0 radical (unpaired) electrons. The number of amides is 1. The van der Waals surface area contributed by atoms with Gasteiger partial charge in [0.25, 0.3) is 5.91 Å². The standard InChI is InChI=1S/C27H32N6O5S/c1-36-16-19-5-3-12-33(19)18-6-7-22(21(15-18)25(35)37-2)30-24(34)23-17-39-27(31-23)32-13-8-20(9-14-32)38-26-28-10-4-11-29-26/h4,6-7,10-11,15,17,19-20H,3,5,8-9,12-14,16H2,1-2H3,(H,30,34)/t19-/m1/s1. The summed E-state index contributed by atoms with van der Waals surface area (Å²) in [5, 5.41) is 5.36. The monoisotopic (exact) mass is 552 g/mol. The lowest BCUT2D eigenvalue weighted by atomic mass is 10.1. The van der Waals surface area contributed by atoms with Gasteiger partial charge < -0.3 is 29.3 Å². The number of nitrogens with one attached hydrogen (secondary N) is 1. The Hall–Kier alpha value is -3.77. The highest BCUT2D eigenvalue weighted by atomic mass is 32.1. The zero-order valence-electron chi connectivity index (χ0n) is 22.0. The van der Waals surface area contributed by atoms with E-state index < -0.39 is 5.97 Å². The topological polar surface area (TPSA) is 119 Å². The summed E-state index contributed by atoms with van der Waals surface area (Å²) in [4.78, 5) is 42.9. The number of carbonyl (C=O) groups excluding carboxylic acids is 2. The van der Waals surface area contributed by atoms with E-state index >= 15 is 0 Å². The summed E-state index contributed by atoms with van der Waals surface area (Å²) in [5.41, 5.74) is 1.88. The molecule has 206 valence electrons. The highest BCUT2D eigenvalue weighted by Gasteiger charge is 2.27. The molecular weight excluding hydrogens is 520 g/mol. The van der Waals surface area contributed by atoms with Crippen LogP contribution in [0.25, 0.3) is 0 Å². The van der Waals surface area contributed by atoms with Gasteiger partial charge in [0, 0.05) is 63.0 Å². The molecular formula is C27H32N6O5S. The molecule has 4 heterocycles. The minimum atomic E-state index is -0.514. The predicted octanol–water partition coefficient (Wildman–Crippen LogP) is 3.64. The summed E-state index contributed by atoms with van der Waals surface area (Å²) >= 11 is 1.42. The number of anilines is 3. The number of hydrogen-bond donors (Lipinski definition) is 1. The number of nitrogens with zero attached hydrogens (tertiary/aromatic N) is 5. The van der Waals surface area contributed by atoms with Crippen LogP contribution in [0, 0.1) is 0 Å². The number of aromatic nitrogens is 3. The molecule has 0 bridgehead atoms. The summed E-state index contributed by atoms with van der Waals surface area (Å²) in [6.07, 6.45) is 7.04. The molecule has 0 saturated carbocycles. The molecule has 1 amide bonds. The quantitative estimate of drug-likeness (QED) is 0.394. The van der Waals surface area contributed by atoms with E-state index in [1.165, 1.54) is 18.4 Å². The van der Waals surface area contributed by atoms with Crippen molar-refractivity contribution < 1.29 is 23.8 Å². The van der Waals surface area contributed by atoms with Crippen LogP contribution in [0.15, 0.2) is 42.0 Å². The maximum atomic E-state index is 13.1. The first-order valence-corrected chi connectivity index (χ1v) is 13.9. The van der Waals surface area contributed by atoms with Crippen molar-refractivity contribution in [1.82, 2.24) is 15.0 Å². The molecule has 39 heavy (non-hydrogen) atoms. The van der Waals surface area contributed by atoms with Crippen LogP contribution in [0.4, 0.5) is 16.5 Å². The van der Waals surface area contributed by atoms with Gasteiger partial charge in [-0.25, -0.2) is 19.7 Å². The van der Waals surface area contributed by atoms with Crippen molar-refractivity contribution in [3.63, 3.8) is 0 Å². The second-order valence-electron chi connectivity index (χ2n) is 9.47. The zero-order chi connectivity index (χ0) is 27.2. The molecule has 11 nitrogen and oxygen atoms in total. The van der Waals surface area contributed by atoms with E-state index in [1.807, 2.05) is 6.07 Å². The third-order valence-electron chi connectivity index (χ3n) is 6.98. The summed E-state index contributed by atoms with van der Waals surface area (Å²) in [6, 6.07) is 7.82. The molecule has 0 spiro atoms. The van der Waals surface area contributed by atoms with Crippen molar-refractivity contribution in [3.05, 3.63) is 53.3 Å². The Bertz CT molecular complexity index is 1280. The van der Waals surface area contributed by atoms with E-state index in [9.17, 15) is 9.59 Å². The number of ether oxygens (including phenoxy) is 3. The van der Waals surface area contributed by atoms with Gasteiger partial charge in [0.1, 0.15) is 11.8 Å². The Labute approximate surface area is 231 Å². The molecule has 0 aliphatic carbocycles. The van der Waals surface area contributed by atoms with E-state index in [0.717, 1.165) is 56.1 Å². The van der Waals surface area contributed by atoms with E-state index in [0.29, 0.717) is 29.6 Å². The van der Waals surface area contributed by atoms with Crippen molar-refractivity contribution in [2.75, 3.05) is 55.6 Å². The molecule has 1 N–H and O–H groups in total. The number of thiazole rings is 1. The first-order valence-electron chi connectivity index (χ1n) is 13.0. The fourth-order valence-corrected chi connectivity index (χ4v) is 5.86. The van der Waals surface area contributed by atoms with Crippen LogP contribution in [0.2, 0.25) is 0 Å². The number of piperidine rings is 1. The average molecular weight is 553 g/mol. The predicted molar refractivity (Wildman–Crippen MR) is 148 cm³/mol. The molecule has 2 fully saturated rings. The van der Waals surface area contributed by atoms with Crippen LogP contribution in [-0.2, 0) is 9.47 Å². The second kappa shape index (κ2) is 12.4. The summed E-state index contributed by atoms with van der Waals surface area (Å²) < 4.78 is 16.3. The van der Waals surface area contributed by atoms with E-state index in [4.69, 9.17) is 14.2 Å². The van der Waals surface area contributed by atoms with Crippen molar-refractivity contribution in [3.8, 4) is 6.01 Å². The van der Waals surface area contributed by atoms with Crippen molar-refractivity contribution in [2.24, 2.45) is 0 Å².